The zero-order chi connectivity index (χ0) is 12.1. The maximum absolute atomic E-state index is 11.2. The maximum atomic E-state index is 11.2. The van der Waals surface area contributed by atoms with E-state index in [1.807, 2.05) is 0 Å². The molecule has 0 saturated heterocycles. The Kier molecular flexibility index (Phi) is 3.34. The van der Waals surface area contributed by atoms with Gasteiger partial charge in [-0.25, -0.2) is 4.98 Å². The third-order valence-corrected chi connectivity index (χ3v) is 2.22. The molecule has 2 heterocycles. The first kappa shape index (κ1) is 11.1. The van der Waals surface area contributed by atoms with Crippen molar-refractivity contribution in [3.63, 3.8) is 0 Å². The molecule has 0 aliphatic rings. The molecule has 2 aromatic rings. The van der Waals surface area contributed by atoms with Gasteiger partial charge in [-0.2, -0.15) is 0 Å². The summed E-state index contributed by atoms with van der Waals surface area (Å²) in [4.78, 5) is 17.5. The van der Waals surface area contributed by atoms with Crippen LogP contribution in [0.15, 0.2) is 23.5 Å². The fourth-order valence-electron chi connectivity index (χ4n) is 1.35. The highest BCUT2D eigenvalue weighted by molar-refractivity contribution is 5.58. The van der Waals surface area contributed by atoms with Crippen molar-refractivity contribution < 1.29 is 0 Å². The predicted octanol–water partition coefficient (Wildman–Crippen LogP) is -0.554. The van der Waals surface area contributed by atoms with E-state index in [2.05, 4.69) is 25.6 Å². The van der Waals surface area contributed by atoms with Gasteiger partial charge in [0.1, 0.15) is 5.69 Å². The molecule has 0 aromatic carbocycles. The molecule has 0 saturated carbocycles. The van der Waals surface area contributed by atoms with Crippen molar-refractivity contribution in [1.82, 2.24) is 25.0 Å². The average Bonchev–Trinajstić information content (AvgIpc) is 2.83. The van der Waals surface area contributed by atoms with Crippen LogP contribution in [0.3, 0.4) is 0 Å². The van der Waals surface area contributed by atoms with Gasteiger partial charge in [0.15, 0.2) is 5.82 Å². The fourth-order valence-corrected chi connectivity index (χ4v) is 1.35. The third-order valence-electron chi connectivity index (χ3n) is 2.22. The number of aromatic amines is 1. The van der Waals surface area contributed by atoms with Crippen molar-refractivity contribution in [1.29, 1.82) is 0 Å². The number of aromatic nitrogens is 5. The molecule has 0 amide bonds. The molecule has 8 heteroatoms. The Morgan fingerprint density at radius 3 is 3.18 bits per heavy atom. The van der Waals surface area contributed by atoms with Gasteiger partial charge in [-0.1, -0.05) is 5.21 Å². The second kappa shape index (κ2) is 5.10. The Hall–Kier alpha value is -2.38. The molecule has 0 fully saturated rings. The lowest BCUT2D eigenvalue weighted by Gasteiger charge is -2.06. The molecule has 17 heavy (non-hydrogen) atoms. The van der Waals surface area contributed by atoms with Crippen LogP contribution in [0.1, 0.15) is 6.42 Å². The minimum atomic E-state index is -0.334. The summed E-state index contributed by atoms with van der Waals surface area (Å²) in [5.74, 6) is 0.410. The molecular weight excluding hydrogens is 222 g/mol. The van der Waals surface area contributed by atoms with Crippen molar-refractivity contribution in [3.8, 4) is 0 Å². The number of H-pyrrole nitrogens is 1. The molecule has 8 nitrogen and oxygen atoms in total. The predicted molar refractivity (Wildman–Crippen MR) is 62.4 cm³/mol. The highest BCUT2D eigenvalue weighted by Gasteiger charge is 2.02. The van der Waals surface area contributed by atoms with E-state index in [0.29, 0.717) is 12.4 Å². The van der Waals surface area contributed by atoms with Crippen molar-refractivity contribution in [3.05, 3.63) is 29.1 Å². The topological polar surface area (TPSA) is 115 Å². The van der Waals surface area contributed by atoms with Crippen LogP contribution in [0, 0.1) is 0 Å². The highest BCUT2D eigenvalue weighted by atomic mass is 16.1. The molecular formula is C9H13N7O. The lowest BCUT2D eigenvalue weighted by Crippen LogP contribution is -2.17. The van der Waals surface area contributed by atoms with Gasteiger partial charge in [0.05, 0.1) is 12.5 Å². The van der Waals surface area contributed by atoms with E-state index in [9.17, 15) is 4.79 Å². The second-order valence-corrected chi connectivity index (χ2v) is 3.44. The van der Waals surface area contributed by atoms with E-state index in [1.165, 1.54) is 6.33 Å². The molecule has 2 rings (SSSR count). The Morgan fingerprint density at radius 1 is 1.53 bits per heavy atom. The zero-order valence-corrected chi connectivity index (χ0v) is 9.13. The van der Waals surface area contributed by atoms with E-state index in [0.717, 1.165) is 13.0 Å². The Labute approximate surface area is 96.9 Å². The van der Waals surface area contributed by atoms with E-state index in [1.54, 1.807) is 17.1 Å². The minimum Gasteiger partial charge on any atom is -0.391 e. The van der Waals surface area contributed by atoms with Crippen LogP contribution in [-0.2, 0) is 6.54 Å². The first-order chi connectivity index (χ1) is 8.27. The van der Waals surface area contributed by atoms with Gasteiger partial charge in [0, 0.05) is 19.3 Å². The first-order valence-electron chi connectivity index (χ1n) is 5.18. The van der Waals surface area contributed by atoms with E-state index in [4.69, 9.17) is 5.73 Å². The number of hydrogen-bond acceptors (Lipinski definition) is 6. The van der Waals surface area contributed by atoms with Gasteiger partial charge >= 0.3 is 0 Å². The normalized spacial score (nSPS) is 10.4. The van der Waals surface area contributed by atoms with Crippen LogP contribution in [0.25, 0.3) is 0 Å². The third kappa shape index (κ3) is 2.80. The van der Waals surface area contributed by atoms with Crippen molar-refractivity contribution >= 4 is 11.5 Å². The van der Waals surface area contributed by atoms with Gasteiger partial charge in [-0.05, 0) is 6.42 Å². The first-order valence-corrected chi connectivity index (χ1v) is 5.18. The number of nitrogens with two attached hydrogens (primary N) is 1. The number of hydrogen-bond donors (Lipinski definition) is 3. The minimum absolute atomic E-state index is 0.105. The molecule has 0 spiro atoms. The Bertz CT molecular complexity index is 518. The fraction of sp³-hybridized carbons (Fsp3) is 0.333. The molecule has 0 bridgehead atoms. The largest absolute Gasteiger partial charge is 0.391 e. The summed E-state index contributed by atoms with van der Waals surface area (Å²) in [5.41, 5.74) is 5.33. The van der Waals surface area contributed by atoms with E-state index < -0.39 is 0 Å². The summed E-state index contributed by atoms with van der Waals surface area (Å²) in [6.45, 7) is 1.40. The number of nitrogens with one attached hydrogen (secondary N) is 2. The van der Waals surface area contributed by atoms with Crippen LogP contribution >= 0.6 is 0 Å². The van der Waals surface area contributed by atoms with Crippen molar-refractivity contribution in [2.75, 3.05) is 17.6 Å². The summed E-state index contributed by atoms with van der Waals surface area (Å²) >= 11 is 0. The molecule has 0 atom stereocenters. The summed E-state index contributed by atoms with van der Waals surface area (Å²) in [5, 5.41) is 10.5. The van der Waals surface area contributed by atoms with Crippen LogP contribution in [-0.4, -0.2) is 31.5 Å². The molecule has 4 N–H and O–H groups in total. The summed E-state index contributed by atoms with van der Waals surface area (Å²) in [6, 6.07) is 0. The number of rotatable bonds is 5. The second-order valence-electron chi connectivity index (χ2n) is 3.44. The van der Waals surface area contributed by atoms with Gasteiger partial charge in [0.25, 0.3) is 5.56 Å². The summed E-state index contributed by atoms with van der Waals surface area (Å²) < 4.78 is 1.73. The Balaban J connectivity index is 1.82. The van der Waals surface area contributed by atoms with Gasteiger partial charge in [0.2, 0.25) is 0 Å². The average molecular weight is 235 g/mol. The van der Waals surface area contributed by atoms with E-state index in [-0.39, 0.29) is 11.2 Å². The molecule has 0 radical (unpaired) electrons. The zero-order valence-electron chi connectivity index (χ0n) is 9.13. The molecule has 0 aliphatic carbocycles. The smallest absolute Gasteiger partial charge is 0.276 e. The maximum Gasteiger partial charge on any atom is 0.276 e. The standard InChI is InChI=1S/C9H13N7O/c10-7-8(12-6-13-9(7)17)11-2-1-4-16-5-3-14-15-16/h3,5-6H,1-2,4,10H2,(H2,11,12,13,17). The molecule has 0 unspecified atom stereocenters. The van der Waals surface area contributed by atoms with Gasteiger partial charge in [-0.3, -0.25) is 9.48 Å². The van der Waals surface area contributed by atoms with E-state index >= 15 is 0 Å². The molecule has 0 aliphatic heterocycles. The van der Waals surface area contributed by atoms with Gasteiger partial charge in [-0.15, -0.1) is 5.10 Å². The van der Waals surface area contributed by atoms with Crippen molar-refractivity contribution in [2.24, 2.45) is 0 Å². The number of anilines is 2. The molecule has 90 valence electrons. The number of nitrogen functional groups attached to an aromatic ring is 1. The number of nitrogens with zero attached hydrogens (tertiary/aromatic N) is 4. The summed E-state index contributed by atoms with van der Waals surface area (Å²) in [7, 11) is 0. The molecule has 2 aromatic heterocycles. The monoisotopic (exact) mass is 235 g/mol. The Morgan fingerprint density at radius 2 is 2.41 bits per heavy atom. The van der Waals surface area contributed by atoms with Crippen LogP contribution < -0.4 is 16.6 Å². The van der Waals surface area contributed by atoms with Crippen LogP contribution in [0.5, 0.6) is 0 Å². The van der Waals surface area contributed by atoms with Crippen molar-refractivity contribution in [2.45, 2.75) is 13.0 Å². The lowest BCUT2D eigenvalue weighted by atomic mass is 10.4. The quantitative estimate of drug-likeness (QED) is 0.599. The summed E-state index contributed by atoms with van der Waals surface area (Å²) in [6.07, 6.45) is 5.57. The van der Waals surface area contributed by atoms with Crippen LogP contribution in [0.4, 0.5) is 11.5 Å². The lowest BCUT2D eigenvalue weighted by molar-refractivity contribution is 0.569. The van der Waals surface area contributed by atoms with Crippen LogP contribution in [0.2, 0.25) is 0 Å². The SMILES string of the molecule is Nc1c(NCCCn2ccnn2)nc[nH]c1=O. The van der Waals surface area contributed by atoms with Gasteiger partial charge < -0.3 is 16.0 Å². The number of aryl methyl sites for hydroxylation is 1. The highest BCUT2D eigenvalue weighted by Crippen LogP contribution is 2.06.